The summed E-state index contributed by atoms with van der Waals surface area (Å²) in [5.41, 5.74) is 1.58. The van der Waals surface area contributed by atoms with E-state index < -0.39 is 10.0 Å². The van der Waals surface area contributed by atoms with E-state index in [2.05, 4.69) is 14.9 Å². The number of sulfonamides is 1. The molecule has 0 saturated heterocycles. The van der Waals surface area contributed by atoms with Crippen LogP contribution >= 0.6 is 11.3 Å². The van der Waals surface area contributed by atoms with Crippen molar-refractivity contribution in [2.24, 2.45) is 0 Å². The molecule has 0 unspecified atom stereocenters. The van der Waals surface area contributed by atoms with E-state index in [4.69, 9.17) is 4.52 Å². The van der Waals surface area contributed by atoms with Gasteiger partial charge in [-0.3, -0.25) is 0 Å². The molecule has 0 amide bonds. The molecule has 1 aliphatic carbocycles. The van der Waals surface area contributed by atoms with E-state index in [9.17, 15) is 8.42 Å². The summed E-state index contributed by atoms with van der Waals surface area (Å²) in [6, 6.07) is 11.0. The highest BCUT2D eigenvalue weighted by molar-refractivity contribution is 7.91. The Bertz CT molecular complexity index is 974. The molecule has 1 aliphatic rings. The number of nitrogens with one attached hydrogen (secondary N) is 1. The zero-order chi connectivity index (χ0) is 18.0. The lowest BCUT2D eigenvalue weighted by Gasteiger charge is -2.04. The number of rotatable bonds is 6. The Morgan fingerprint density at radius 3 is 2.73 bits per heavy atom. The van der Waals surface area contributed by atoms with E-state index in [1.165, 1.54) is 12.8 Å². The average Bonchev–Trinajstić information content (AvgIpc) is 3.41. The zero-order valence-electron chi connectivity index (χ0n) is 14.1. The Labute approximate surface area is 156 Å². The molecular weight excluding hydrogens is 370 g/mol. The first kappa shape index (κ1) is 17.4. The lowest BCUT2D eigenvalue weighted by atomic mass is 10.1. The number of hydrogen-bond donors (Lipinski definition) is 1. The van der Waals surface area contributed by atoms with Gasteiger partial charge in [0, 0.05) is 23.4 Å². The smallest absolute Gasteiger partial charge is 0.250 e. The quantitative estimate of drug-likeness (QED) is 0.690. The second kappa shape index (κ2) is 7.30. The highest BCUT2D eigenvalue weighted by Gasteiger charge is 2.24. The van der Waals surface area contributed by atoms with Gasteiger partial charge >= 0.3 is 0 Å². The lowest BCUT2D eigenvalue weighted by Crippen LogP contribution is -2.22. The largest absolute Gasteiger partial charge is 0.339 e. The van der Waals surface area contributed by atoms with Crippen molar-refractivity contribution < 1.29 is 12.9 Å². The molecule has 26 heavy (non-hydrogen) atoms. The van der Waals surface area contributed by atoms with Crippen LogP contribution in [0.1, 0.15) is 43.1 Å². The van der Waals surface area contributed by atoms with Crippen molar-refractivity contribution in [2.45, 2.75) is 42.4 Å². The van der Waals surface area contributed by atoms with Gasteiger partial charge in [-0.25, -0.2) is 13.1 Å². The lowest BCUT2D eigenvalue weighted by molar-refractivity contribution is 0.354. The summed E-state index contributed by atoms with van der Waals surface area (Å²) in [6.07, 6.45) is 4.54. The van der Waals surface area contributed by atoms with Gasteiger partial charge in [-0.2, -0.15) is 4.98 Å². The Morgan fingerprint density at radius 2 is 1.96 bits per heavy atom. The van der Waals surface area contributed by atoms with Gasteiger partial charge in [-0.05, 0) is 24.5 Å². The molecule has 1 fully saturated rings. The molecule has 4 rings (SSSR count). The monoisotopic (exact) mass is 389 g/mol. The minimum atomic E-state index is -3.57. The maximum atomic E-state index is 12.5. The van der Waals surface area contributed by atoms with E-state index >= 15 is 0 Å². The van der Waals surface area contributed by atoms with Crippen LogP contribution < -0.4 is 4.72 Å². The van der Waals surface area contributed by atoms with Crippen molar-refractivity contribution in [2.75, 3.05) is 0 Å². The van der Waals surface area contributed by atoms with Gasteiger partial charge in [0.25, 0.3) is 0 Å². The Kier molecular flexibility index (Phi) is 4.88. The summed E-state index contributed by atoms with van der Waals surface area (Å²) >= 11 is 1.16. The summed E-state index contributed by atoms with van der Waals surface area (Å²) in [6.45, 7) is 0.254. The third-order valence-corrected chi connectivity index (χ3v) is 7.39. The molecule has 3 aromatic rings. The van der Waals surface area contributed by atoms with Crippen molar-refractivity contribution in [3.8, 4) is 11.4 Å². The van der Waals surface area contributed by atoms with Crippen LogP contribution in [-0.4, -0.2) is 18.6 Å². The molecule has 2 aromatic heterocycles. The molecule has 1 aromatic carbocycles. The van der Waals surface area contributed by atoms with Crippen molar-refractivity contribution in [1.29, 1.82) is 0 Å². The van der Waals surface area contributed by atoms with Crippen molar-refractivity contribution in [3.63, 3.8) is 0 Å². The number of benzene rings is 1. The third kappa shape index (κ3) is 3.72. The van der Waals surface area contributed by atoms with E-state index in [0.29, 0.717) is 23.2 Å². The van der Waals surface area contributed by atoms with Gasteiger partial charge < -0.3 is 4.52 Å². The molecule has 0 aliphatic heterocycles. The normalized spacial score (nSPS) is 15.5. The van der Waals surface area contributed by atoms with Gasteiger partial charge in [0.2, 0.25) is 21.7 Å². The molecule has 8 heteroatoms. The first-order valence-corrected chi connectivity index (χ1v) is 10.9. The van der Waals surface area contributed by atoms with Crippen LogP contribution in [0.5, 0.6) is 0 Å². The van der Waals surface area contributed by atoms with E-state index in [-0.39, 0.29) is 10.8 Å². The van der Waals surface area contributed by atoms with Crippen LogP contribution in [0.25, 0.3) is 11.4 Å². The minimum Gasteiger partial charge on any atom is -0.339 e. The highest BCUT2D eigenvalue weighted by Crippen LogP contribution is 2.34. The molecule has 0 bridgehead atoms. The Balaban J connectivity index is 1.48. The van der Waals surface area contributed by atoms with Crippen LogP contribution in [0.4, 0.5) is 0 Å². The summed E-state index contributed by atoms with van der Waals surface area (Å²) < 4.78 is 33.3. The molecule has 1 N–H and O–H groups in total. The predicted octanol–water partition coefficient (Wildman–Crippen LogP) is 3.93. The van der Waals surface area contributed by atoms with Crippen LogP contribution in [0.3, 0.4) is 0 Å². The number of thiophene rings is 1. The molecule has 1 saturated carbocycles. The third-order valence-electron chi connectivity index (χ3n) is 4.55. The first-order valence-electron chi connectivity index (χ1n) is 8.58. The molecule has 0 spiro atoms. The van der Waals surface area contributed by atoms with Crippen LogP contribution in [0, 0.1) is 0 Å². The zero-order valence-corrected chi connectivity index (χ0v) is 15.7. The predicted molar refractivity (Wildman–Crippen MR) is 99.3 cm³/mol. The fourth-order valence-corrected chi connectivity index (χ4v) is 5.33. The second-order valence-corrected chi connectivity index (χ2v) is 9.31. The molecule has 2 heterocycles. The molecule has 136 valence electrons. The summed E-state index contributed by atoms with van der Waals surface area (Å²) in [5.74, 6) is 1.45. The molecular formula is C18H19N3O3S2. The minimum absolute atomic E-state index is 0.246. The van der Waals surface area contributed by atoms with Crippen LogP contribution in [-0.2, 0) is 16.6 Å². The van der Waals surface area contributed by atoms with Crippen molar-refractivity contribution in [3.05, 3.63) is 53.2 Å². The van der Waals surface area contributed by atoms with E-state index in [0.717, 1.165) is 29.7 Å². The van der Waals surface area contributed by atoms with E-state index in [1.807, 2.05) is 30.3 Å². The number of aromatic nitrogens is 2. The first-order chi connectivity index (χ1) is 12.6. The Morgan fingerprint density at radius 1 is 1.19 bits per heavy atom. The summed E-state index contributed by atoms with van der Waals surface area (Å²) in [7, 11) is -3.57. The van der Waals surface area contributed by atoms with Gasteiger partial charge in [-0.1, -0.05) is 48.3 Å². The standard InChI is InChI=1S/C18H19N3O3S2/c22-26(23,19-11-13-6-2-1-3-7-13)16-10-15(12-25-16)17-20-18(24-21-17)14-8-4-5-9-14/h1-3,6-7,10,12,14,19H,4-5,8-9,11H2. The fourth-order valence-electron chi connectivity index (χ4n) is 3.11. The Hall–Kier alpha value is -2.03. The second-order valence-electron chi connectivity index (χ2n) is 6.40. The topological polar surface area (TPSA) is 85.1 Å². The summed E-state index contributed by atoms with van der Waals surface area (Å²) in [5, 5.41) is 5.78. The van der Waals surface area contributed by atoms with Crippen LogP contribution in [0.2, 0.25) is 0 Å². The maximum Gasteiger partial charge on any atom is 0.250 e. The fraction of sp³-hybridized carbons (Fsp3) is 0.333. The average molecular weight is 390 g/mol. The SMILES string of the molecule is O=S(=O)(NCc1ccccc1)c1cc(-c2noc(C3CCCC3)n2)cs1. The summed E-state index contributed by atoms with van der Waals surface area (Å²) in [4.78, 5) is 4.47. The van der Waals surface area contributed by atoms with Gasteiger partial charge in [0.15, 0.2) is 0 Å². The highest BCUT2D eigenvalue weighted by atomic mass is 32.2. The number of hydrogen-bond acceptors (Lipinski definition) is 6. The molecule has 6 nitrogen and oxygen atoms in total. The molecule has 0 atom stereocenters. The van der Waals surface area contributed by atoms with Gasteiger partial charge in [0.05, 0.1) is 0 Å². The van der Waals surface area contributed by atoms with Crippen molar-refractivity contribution in [1.82, 2.24) is 14.9 Å². The molecule has 0 radical (unpaired) electrons. The maximum absolute atomic E-state index is 12.5. The van der Waals surface area contributed by atoms with E-state index in [1.54, 1.807) is 11.4 Å². The van der Waals surface area contributed by atoms with Crippen LogP contribution in [0.15, 0.2) is 50.5 Å². The van der Waals surface area contributed by atoms with Gasteiger partial charge in [-0.15, -0.1) is 11.3 Å². The van der Waals surface area contributed by atoms with Crippen molar-refractivity contribution >= 4 is 21.4 Å². The van der Waals surface area contributed by atoms with Gasteiger partial charge in [0.1, 0.15) is 4.21 Å². The number of nitrogens with zero attached hydrogens (tertiary/aromatic N) is 2.